The number of rotatable bonds is 0. The Kier molecular flexibility index (Phi) is 2.69. The molecule has 0 amide bonds. The Bertz CT molecular complexity index is 336. The van der Waals surface area contributed by atoms with Crippen LogP contribution in [0.25, 0.3) is 0 Å². The second-order valence-corrected chi connectivity index (χ2v) is 4.11. The van der Waals surface area contributed by atoms with Crippen LogP contribution in [-0.2, 0) is 0 Å². The van der Waals surface area contributed by atoms with Gasteiger partial charge in [0.25, 0.3) is 0 Å². The monoisotopic (exact) mass is 209 g/mol. The van der Waals surface area contributed by atoms with Crippen molar-refractivity contribution < 1.29 is 0 Å². The average Bonchev–Trinajstić information content (AvgIpc) is 2.65. The van der Waals surface area contributed by atoms with Gasteiger partial charge < -0.3 is 5.32 Å². The van der Waals surface area contributed by atoms with Gasteiger partial charge in [-0.25, -0.2) is 0 Å². The first kappa shape index (κ1) is 9.85. The molecule has 0 fully saturated rings. The van der Waals surface area contributed by atoms with Crippen molar-refractivity contribution in [3.8, 4) is 0 Å². The van der Waals surface area contributed by atoms with Crippen LogP contribution in [0.3, 0.4) is 0 Å². The third kappa shape index (κ3) is 1.40. The highest BCUT2D eigenvalue weighted by atomic mass is 35.5. The van der Waals surface area contributed by atoms with Crippen LogP contribution in [-0.4, -0.2) is 6.54 Å². The Morgan fingerprint density at radius 2 is 1.86 bits per heavy atom. The molecule has 0 aromatic heterocycles. The van der Waals surface area contributed by atoms with Gasteiger partial charge in [0.1, 0.15) is 0 Å². The molecular formula is C12H16ClN. The molecule has 14 heavy (non-hydrogen) atoms. The topological polar surface area (TPSA) is 12.0 Å². The van der Waals surface area contributed by atoms with Crippen molar-refractivity contribution in [3.05, 3.63) is 34.6 Å². The van der Waals surface area contributed by atoms with Crippen LogP contribution < -0.4 is 5.32 Å². The van der Waals surface area contributed by atoms with Crippen LogP contribution in [0.4, 0.5) is 0 Å². The van der Waals surface area contributed by atoms with Crippen molar-refractivity contribution >= 4 is 12.4 Å². The molecule has 2 aliphatic carbocycles. The first-order valence-electron chi connectivity index (χ1n) is 5.30. The molecule has 0 bridgehead atoms. The molecule has 1 N–H and O–H groups in total. The van der Waals surface area contributed by atoms with Crippen molar-refractivity contribution in [2.24, 2.45) is 0 Å². The van der Waals surface area contributed by atoms with E-state index in [1.165, 1.54) is 43.4 Å². The Balaban J connectivity index is 0.000000750. The Hall–Kier alpha value is -0.690. The summed E-state index contributed by atoms with van der Waals surface area (Å²) in [6, 6.07) is 0. The van der Waals surface area contributed by atoms with Crippen LogP contribution in [0.2, 0.25) is 0 Å². The molecule has 3 aliphatic rings. The van der Waals surface area contributed by atoms with Gasteiger partial charge in [-0.15, -0.1) is 12.4 Å². The van der Waals surface area contributed by atoms with Crippen molar-refractivity contribution in [3.63, 3.8) is 0 Å². The maximum Gasteiger partial charge on any atom is 0.0406 e. The van der Waals surface area contributed by atoms with Gasteiger partial charge in [0.2, 0.25) is 0 Å². The number of halogens is 1. The smallest absolute Gasteiger partial charge is 0.0406 e. The largest absolute Gasteiger partial charge is 0.384 e. The van der Waals surface area contributed by atoms with Crippen molar-refractivity contribution in [2.45, 2.75) is 32.1 Å². The molecule has 1 aliphatic heterocycles. The SMILES string of the molecule is C1=CC2=C(CC1)CCC1=C2NCC1.Cl. The summed E-state index contributed by atoms with van der Waals surface area (Å²) >= 11 is 0. The fraction of sp³-hybridized carbons (Fsp3) is 0.500. The highest BCUT2D eigenvalue weighted by molar-refractivity contribution is 5.85. The molecular weight excluding hydrogens is 194 g/mol. The lowest BCUT2D eigenvalue weighted by Crippen LogP contribution is -2.13. The first-order chi connectivity index (χ1) is 6.45. The fourth-order valence-electron chi connectivity index (χ4n) is 2.66. The Morgan fingerprint density at radius 1 is 1.00 bits per heavy atom. The Morgan fingerprint density at radius 3 is 2.79 bits per heavy atom. The normalized spacial score (nSPS) is 24.0. The number of hydrogen-bond acceptors (Lipinski definition) is 1. The molecule has 0 radical (unpaired) electrons. The highest BCUT2D eigenvalue weighted by Crippen LogP contribution is 2.37. The average molecular weight is 210 g/mol. The van der Waals surface area contributed by atoms with Crippen LogP contribution in [0.15, 0.2) is 34.6 Å². The molecule has 3 rings (SSSR count). The first-order valence-corrected chi connectivity index (χ1v) is 5.30. The zero-order chi connectivity index (χ0) is 8.67. The lowest BCUT2D eigenvalue weighted by molar-refractivity contribution is 0.786. The maximum atomic E-state index is 3.53. The molecule has 76 valence electrons. The van der Waals surface area contributed by atoms with Gasteiger partial charge in [0.15, 0.2) is 0 Å². The van der Waals surface area contributed by atoms with Gasteiger partial charge in [-0.3, -0.25) is 0 Å². The summed E-state index contributed by atoms with van der Waals surface area (Å²) in [6.45, 7) is 1.16. The van der Waals surface area contributed by atoms with Gasteiger partial charge in [-0.1, -0.05) is 17.7 Å². The number of allylic oxidation sites excluding steroid dienone is 3. The molecule has 1 heterocycles. The van der Waals surface area contributed by atoms with E-state index in [2.05, 4.69) is 17.5 Å². The summed E-state index contributed by atoms with van der Waals surface area (Å²) in [5.41, 5.74) is 6.38. The van der Waals surface area contributed by atoms with E-state index in [-0.39, 0.29) is 12.4 Å². The van der Waals surface area contributed by atoms with Crippen molar-refractivity contribution in [2.75, 3.05) is 6.54 Å². The fourth-order valence-corrected chi connectivity index (χ4v) is 2.66. The molecule has 2 heteroatoms. The summed E-state index contributed by atoms with van der Waals surface area (Å²) in [4.78, 5) is 0. The quantitative estimate of drug-likeness (QED) is 0.647. The lowest BCUT2D eigenvalue weighted by atomic mass is 9.85. The van der Waals surface area contributed by atoms with E-state index in [1.54, 1.807) is 11.1 Å². The van der Waals surface area contributed by atoms with Crippen LogP contribution in [0.5, 0.6) is 0 Å². The van der Waals surface area contributed by atoms with E-state index in [4.69, 9.17) is 0 Å². The molecule has 0 saturated heterocycles. The maximum absolute atomic E-state index is 3.53. The van der Waals surface area contributed by atoms with E-state index in [9.17, 15) is 0 Å². The van der Waals surface area contributed by atoms with E-state index < -0.39 is 0 Å². The van der Waals surface area contributed by atoms with Gasteiger partial charge >= 0.3 is 0 Å². The molecule has 0 aromatic carbocycles. The summed E-state index contributed by atoms with van der Waals surface area (Å²) < 4.78 is 0. The lowest BCUT2D eigenvalue weighted by Gasteiger charge is -2.23. The van der Waals surface area contributed by atoms with Crippen LogP contribution in [0.1, 0.15) is 32.1 Å². The zero-order valence-electron chi connectivity index (χ0n) is 8.31. The van der Waals surface area contributed by atoms with Crippen LogP contribution in [0, 0.1) is 0 Å². The van der Waals surface area contributed by atoms with E-state index in [1.807, 2.05) is 0 Å². The molecule has 0 aromatic rings. The highest BCUT2D eigenvalue weighted by Gasteiger charge is 2.23. The minimum atomic E-state index is 0. The van der Waals surface area contributed by atoms with Gasteiger partial charge in [-0.2, -0.15) is 0 Å². The van der Waals surface area contributed by atoms with Crippen molar-refractivity contribution in [1.82, 2.24) is 5.32 Å². The van der Waals surface area contributed by atoms with E-state index >= 15 is 0 Å². The standard InChI is InChI=1S/C12H15N.ClH/c1-2-4-11-9(3-1)5-6-10-7-8-13-12(10)11;/h2,4,13H,1,3,5-8H2;1H. The van der Waals surface area contributed by atoms with Crippen LogP contribution >= 0.6 is 12.4 Å². The van der Waals surface area contributed by atoms with Crippen molar-refractivity contribution in [1.29, 1.82) is 0 Å². The second-order valence-electron chi connectivity index (χ2n) is 4.11. The molecule has 0 spiro atoms. The third-order valence-electron chi connectivity index (χ3n) is 3.36. The minimum Gasteiger partial charge on any atom is -0.384 e. The molecule has 1 nitrogen and oxygen atoms in total. The predicted molar refractivity (Wildman–Crippen MR) is 61.5 cm³/mol. The molecule has 0 unspecified atom stereocenters. The van der Waals surface area contributed by atoms with E-state index in [0.29, 0.717) is 0 Å². The molecule has 0 saturated carbocycles. The molecule has 0 atom stereocenters. The number of fused-ring (bicyclic) bond motifs is 1. The Labute approximate surface area is 91.4 Å². The third-order valence-corrected chi connectivity index (χ3v) is 3.36. The zero-order valence-corrected chi connectivity index (χ0v) is 9.12. The summed E-state index contributed by atoms with van der Waals surface area (Å²) in [5, 5.41) is 3.53. The number of hydrogen-bond donors (Lipinski definition) is 1. The number of nitrogens with one attached hydrogen (secondary N) is 1. The predicted octanol–water partition coefficient (Wildman–Crippen LogP) is 3.10. The van der Waals surface area contributed by atoms with Gasteiger partial charge in [-0.05, 0) is 43.3 Å². The summed E-state index contributed by atoms with van der Waals surface area (Å²) in [6.07, 6.45) is 11.1. The summed E-state index contributed by atoms with van der Waals surface area (Å²) in [7, 11) is 0. The summed E-state index contributed by atoms with van der Waals surface area (Å²) in [5.74, 6) is 0. The minimum absolute atomic E-state index is 0. The van der Waals surface area contributed by atoms with Gasteiger partial charge in [0.05, 0.1) is 0 Å². The van der Waals surface area contributed by atoms with Gasteiger partial charge in [0, 0.05) is 12.2 Å². The van der Waals surface area contributed by atoms with E-state index in [0.717, 1.165) is 6.54 Å². The second kappa shape index (κ2) is 3.82.